The lowest BCUT2D eigenvalue weighted by Gasteiger charge is -2.31. The molecular formula is C22H24F6N8O3S. The maximum Gasteiger partial charge on any atom is 0.422 e. The summed E-state index contributed by atoms with van der Waals surface area (Å²) in [6.45, 7) is 1.73. The van der Waals surface area contributed by atoms with Crippen LogP contribution < -0.4 is 15.4 Å². The first-order valence-electron chi connectivity index (χ1n) is 11.8. The summed E-state index contributed by atoms with van der Waals surface area (Å²) < 4.78 is 109. The lowest BCUT2D eigenvalue weighted by molar-refractivity contribution is -0.154. The number of aromatic nitrogens is 5. The Bertz CT molecular complexity index is 1430. The number of halogens is 6. The number of rotatable bonds is 8. The van der Waals surface area contributed by atoms with Gasteiger partial charge in [-0.3, -0.25) is 5.10 Å². The zero-order valence-electron chi connectivity index (χ0n) is 21.1. The molecule has 4 rings (SSSR count). The number of aromatic amines is 1. The highest BCUT2D eigenvalue weighted by Crippen LogP contribution is 2.31. The number of aryl methyl sites for hydroxylation is 2. The Morgan fingerprint density at radius 2 is 1.73 bits per heavy atom. The highest BCUT2D eigenvalue weighted by atomic mass is 32.2. The highest BCUT2D eigenvalue weighted by molar-refractivity contribution is 7.89. The number of ether oxygens (including phenoxy) is 1. The SMILES string of the molecule is Cc1n[nH]c(C)c1S(=O)(=O)N1CCC(Nc2nc(Nc3cccc(C(F)(F)F)c3)nc(OCC(F)(F)F)n2)CC1. The smallest absolute Gasteiger partial charge is 0.422 e. The van der Waals surface area contributed by atoms with Crippen molar-refractivity contribution in [2.45, 2.75) is 50.0 Å². The molecule has 1 aromatic carbocycles. The number of hydrogen-bond donors (Lipinski definition) is 3. The van der Waals surface area contributed by atoms with Crippen LogP contribution in [0.5, 0.6) is 6.01 Å². The lowest BCUT2D eigenvalue weighted by atomic mass is 10.1. The molecule has 3 aromatic rings. The van der Waals surface area contributed by atoms with Gasteiger partial charge in [0.1, 0.15) is 4.90 Å². The first kappa shape index (κ1) is 29.3. The summed E-state index contributed by atoms with van der Waals surface area (Å²) in [5, 5.41) is 12.0. The molecule has 0 amide bonds. The van der Waals surface area contributed by atoms with Crippen molar-refractivity contribution in [2.24, 2.45) is 0 Å². The van der Waals surface area contributed by atoms with E-state index in [1.807, 2.05) is 0 Å². The van der Waals surface area contributed by atoms with E-state index in [1.165, 1.54) is 10.4 Å². The van der Waals surface area contributed by atoms with Crippen molar-refractivity contribution >= 4 is 27.6 Å². The predicted octanol–water partition coefficient (Wildman–Crippen LogP) is 4.18. The molecule has 3 N–H and O–H groups in total. The van der Waals surface area contributed by atoms with Gasteiger partial charge in [0.25, 0.3) is 0 Å². The van der Waals surface area contributed by atoms with Gasteiger partial charge in [0.05, 0.1) is 17.0 Å². The highest BCUT2D eigenvalue weighted by Gasteiger charge is 2.34. The first-order chi connectivity index (χ1) is 18.6. The van der Waals surface area contributed by atoms with Gasteiger partial charge in [-0.25, -0.2) is 8.42 Å². The van der Waals surface area contributed by atoms with Crippen molar-refractivity contribution < 1.29 is 39.5 Å². The molecular weight excluding hydrogens is 570 g/mol. The summed E-state index contributed by atoms with van der Waals surface area (Å²) in [6, 6.07) is 2.98. The van der Waals surface area contributed by atoms with Gasteiger partial charge in [0, 0.05) is 24.8 Å². The number of benzene rings is 1. The molecule has 0 aliphatic carbocycles. The van der Waals surface area contributed by atoms with Crippen molar-refractivity contribution in [1.29, 1.82) is 0 Å². The molecule has 0 radical (unpaired) electrons. The van der Waals surface area contributed by atoms with Gasteiger partial charge in [-0.05, 0) is 44.9 Å². The lowest BCUT2D eigenvalue weighted by Crippen LogP contribution is -2.42. The summed E-state index contributed by atoms with van der Waals surface area (Å²) in [5.41, 5.74) is -0.275. The second-order valence-electron chi connectivity index (χ2n) is 8.96. The summed E-state index contributed by atoms with van der Waals surface area (Å²) >= 11 is 0. The van der Waals surface area contributed by atoms with Crippen LogP contribution >= 0.6 is 0 Å². The average molecular weight is 595 g/mol. The molecule has 0 atom stereocenters. The molecule has 1 aliphatic rings. The number of nitrogens with zero attached hydrogens (tertiary/aromatic N) is 5. The average Bonchev–Trinajstić information content (AvgIpc) is 3.21. The molecule has 0 saturated carbocycles. The van der Waals surface area contributed by atoms with Crippen LogP contribution in [0.4, 0.5) is 43.9 Å². The van der Waals surface area contributed by atoms with Crippen LogP contribution in [0.15, 0.2) is 29.2 Å². The Labute approximate surface area is 224 Å². The molecule has 18 heteroatoms. The minimum atomic E-state index is -4.70. The van der Waals surface area contributed by atoms with Gasteiger partial charge in [0.15, 0.2) is 6.61 Å². The fraction of sp³-hybridized carbons (Fsp3) is 0.455. The van der Waals surface area contributed by atoms with E-state index in [4.69, 9.17) is 0 Å². The molecule has 2 aromatic heterocycles. The van der Waals surface area contributed by atoms with Crippen molar-refractivity contribution in [3.8, 4) is 6.01 Å². The van der Waals surface area contributed by atoms with Crippen molar-refractivity contribution in [3.05, 3.63) is 41.2 Å². The van der Waals surface area contributed by atoms with Crippen molar-refractivity contribution in [2.75, 3.05) is 30.3 Å². The van der Waals surface area contributed by atoms with Gasteiger partial charge < -0.3 is 15.4 Å². The quantitative estimate of drug-likeness (QED) is 0.328. The minimum absolute atomic E-state index is 0.0721. The van der Waals surface area contributed by atoms with E-state index in [0.717, 1.165) is 18.2 Å². The number of nitrogens with one attached hydrogen (secondary N) is 3. The van der Waals surface area contributed by atoms with Gasteiger partial charge in [-0.15, -0.1) is 0 Å². The fourth-order valence-corrected chi connectivity index (χ4v) is 5.86. The Morgan fingerprint density at radius 3 is 2.33 bits per heavy atom. The number of piperidine rings is 1. The Kier molecular flexibility index (Phi) is 8.11. The molecule has 218 valence electrons. The predicted molar refractivity (Wildman–Crippen MR) is 130 cm³/mol. The fourth-order valence-electron chi connectivity index (χ4n) is 4.06. The maximum atomic E-state index is 13.1. The van der Waals surface area contributed by atoms with Gasteiger partial charge in [-0.1, -0.05) is 6.07 Å². The molecule has 11 nitrogen and oxygen atoms in total. The largest absolute Gasteiger partial charge is 0.454 e. The van der Waals surface area contributed by atoms with Crippen LogP contribution in [-0.2, 0) is 16.2 Å². The maximum absolute atomic E-state index is 13.1. The normalized spacial score (nSPS) is 15.7. The molecule has 3 heterocycles. The third-order valence-electron chi connectivity index (χ3n) is 5.87. The summed E-state index contributed by atoms with van der Waals surface area (Å²) in [7, 11) is -3.81. The second kappa shape index (κ2) is 11.1. The third kappa shape index (κ3) is 7.09. The van der Waals surface area contributed by atoms with Crippen molar-refractivity contribution in [3.63, 3.8) is 0 Å². The first-order valence-corrected chi connectivity index (χ1v) is 13.2. The van der Waals surface area contributed by atoms with Gasteiger partial charge in [-0.2, -0.15) is 50.7 Å². The minimum Gasteiger partial charge on any atom is -0.454 e. The molecule has 0 spiro atoms. The van der Waals surface area contributed by atoms with E-state index in [9.17, 15) is 34.8 Å². The van der Waals surface area contributed by atoms with Crippen LogP contribution in [0, 0.1) is 13.8 Å². The molecule has 0 bridgehead atoms. The molecule has 1 aliphatic heterocycles. The summed E-state index contributed by atoms with van der Waals surface area (Å²) in [6.07, 6.45) is -8.72. The van der Waals surface area contributed by atoms with E-state index in [1.54, 1.807) is 13.8 Å². The van der Waals surface area contributed by atoms with Crippen LogP contribution in [0.25, 0.3) is 0 Å². The molecule has 1 fully saturated rings. The monoisotopic (exact) mass is 594 g/mol. The number of anilines is 3. The Hall–Kier alpha value is -3.67. The van der Waals surface area contributed by atoms with Gasteiger partial charge in [0.2, 0.25) is 21.9 Å². The zero-order valence-corrected chi connectivity index (χ0v) is 21.9. The van der Waals surface area contributed by atoms with Crippen molar-refractivity contribution in [1.82, 2.24) is 29.5 Å². The number of hydrogen-bond acceptors (Lipinski definition) is 9. The third-order valence-corrected chi connectivity index (χ3v) is 8.03. The van der Waals surface area contributed by atoms with Crippen LogP contribution in [0.2, 0.25) is 0 Å². The van der Waals surface area contributed by atoms with E-state index >= 15 is 0 Å². The van der Waals surface area contributed by atoms with Crippen LogP contribution in [0.3, 0.4) is 0 Å². The van der Waals surface area contributed by atoms with E-state index in [2.05, 4.69) is 40.5 Å². The molecule has 0 unspecified atom stereocenters. The Morgan fingerprint density at radius 1 is 1.05 bits per heavy atom. The molecule has 40 heavy (non-hydrogen) atoms. The van der Waals surface area contributed by atoms with Crippen LogP contribution in [0.1, 0.15) is 29.8 Å². The van der Waals surface area contributed by atoms with Gasteiger partial charge >= 0.3 is 18.4 Å². The number of alkyl halides is 6. The number of H-pyrrole nitrogens is 1. The van der Waals surface area contributed by atoms with Crippen LogP contribution in [-0.4, -0.2) is 69.8 Å². The van der Waals surface area contributed by atoms with E-state index in [-0.39, 0.29) is 41.6 Å². The zero-order chi connectivity index (χ0) is 29.3. The van der Waals surface area contributed by atoms with E-state index in [0.29, 0.717) is 24.2 Å². The summed E-state index contributed by atoms with van der Waals surface area (Å²) in [4.78, 5) is 11.7. The van der Waals surface area contributed by atoms with E-state index < -0.39 is 40.6 Å². The summed E-state index contributed by atoms with van der Waals surface area (Å²) in [5.74, 6) is -0.565. The molecule has 1 saturated heterocycles. The number of sulfonamides is 1. The second-order valence-corrected chi connectivity index (χ2v) is 10.8. The topological polar surface area (TPSA) is 138 Å². The Balaban J connectivity index is 1.50. The standard InChI is InChI=1S/C22H24F6N8O3S/c1-12-17(13(2)35-34-12)40(37,38)36-8-6-15(7-9-36)29-18-31-19(33-20(32-18)39-11-21(23,24)25)30-16-5-3-4-14(10-16)22(26,27)28/h3-5,10,15H,6-9,11H2,1-2H3,(H,34,35)(H2,29,30,31,32,33).